The standard InChI is InChI=1S/C51H86N14O15/c1-6-7-8-9-13-16-38(70)56-27(2)42(71)63-40(29(4)68)51(80)62-37(26-66)48(77)59-35-20-24-55-49(78)39(28(3)67)64-46(75)34(19-23-54)58-43(72)33(18-22-53)60-50(79)41(30(5)69)65-47(76)36(25-31-14-11-10-12-15-31)61-44(73)32(17-21-52)57-45(35)74/h10-12,14-15,27-30,32-37,39-41,66-69H,6-9,13,16-26,52-54H2,1-5H3,(H,55,78)(H,56,70)(H,57,74)(H,58,72)(H,59,77)(H,60,79)(H,61,73)(H,62,80)(H,63,71)(H,64,75)(H,65,76)/t27-,28+,29+,30+,32-,33-,34-,35-,36+,37+,39-,40-,41-/m0/s1. The summed E-state index contributed by atoms with van der Waals surface area (Å²) in [6.45, 7) is 4.65. The molecule has 1 aromatic carbocycles. The molecule has 80 heavy (non-hydrogen) atoms. The Kier molecular flexibility index (Phi) is 31.5. The molecule has 1 aromatic rings. The van der Waals surface area contributed by atoms with Crippen LogP contribution < -0.4 is 75.7 Å². The molecule has 0 unspecified atom stereocenters. The lowest BCUT2D eigenvalue weighted by molar-refractivity contribution is -0.137. The molecule has 450 valence electrons. The number of aliphatic hydroxyl groups excluding tert-OH is 4. The van der Waals surface area contributed by atoms with Crippen LogP contribution in [0.1, 0.15) is 104 Å². The maximum Gasteiger partial charge on any atom is 0.245 e. The number of hydrogen-bond donors (Lipinski definition) is 18. The highest BCUT2D eigenvalue weighted by Crippen LogP contribution is 2.10. The van der Waals surface area contributed by atoms with Crippen molar-refractivity contribution < 1.29 is 73.2 Å². The largest absolute Gasteiger partial charge is 0.394 e. The number of unbranched alkanes of at least 4 members (excludes halogenated alkanes) is 4. The van der Waals surface area contributed by atoms with Crippen LogP contribution in [0, 0.1) is 0 Å². The minimum absolute atomic E-state index is 0.152. The van der Waals surface area contributed by atoms with Crippen LogP contribution in [-0.2, 0) is 59.2 Å². The van der Waals surface area contributed by atoms with E-state index in [1.807, 2.05) is 0 Å². The summed E-state index contributed by atoms with van der Waals surface area (Å²) < 4.78 is 0. The zero-order chi connectivity index (χ0) is 60.1. The third-order valence-corrected chi connectivity index (χ3v) is 12.8. The van der Waals surface area contributed by atoms with Crippen molar-refractivity contribution in [2.45, 2.75) is 184 Å². The van der Waals surface area contributed by atoms with Gasteiger partial charge in [-0.1, -0.05) is 62.9 Å². The lowest BCUT2D eigenvalue weighted by atomic mass is 10.0. The molecule has 11 amide bonds. The number of hydrogen-bond acceptors (Lipinski definition) is 18. The van der Waals surface area contributed by atoms with Gasteiger partial charge < -0.3 is 96.1 Å². The number of nitrogens with one attached hydrogen (secondary N) is 11. The monoisotopic (exact) mass is 1130 g/mol. The van der Waals surface area contributed by atoms with Crippen LogP contribution in [0.3, 0.4) is 0 Å². The third kappa shape index (κ3) is 23.8. The third-order valence-electron chi connectivity index (χ3n) is 12.8. The Morgan fingerprint density at radius 2 is 1.07 bits per heavy atom. The molecule has 0 spiro atoms. The SMILES string of the molecule is CCCCCCCC(=O)N[C@@H](C)C(=O)N[C@H](C(=O)N[C@H](CO)C(=O)N[C@H]1CCNC(=O)[C@H]([C@@H](C)O)NC(=O)[C@H](CCN)NC(=O)[C@H](CCN)NC(=O)[C@H]([C@@H](C)O)NC(=O)[C@@H](Cc2ccccc2)NC(=O)[C@H](CCN)NC1=O)[C@@H](C)O. The molecule has 0 bridgehead atoms. The van der Waals surface area contributed by atoms with Gasteiger partial charge in [0.15, 0.2) is 0 Å². The fraction of sp³-hybridized carbons (Fsp3) is 0.667. The Hall–Kier alpha value is -6.89. The van der Waals surface area contributed by atoms with Gasteiger partial charge in [-0.05, 0) is 85.0 Å². The molecule has 1 fully saturated rings. The summed E-state index contributed by atoms with van der Waals surface area (Å²) >= 11 is 0. The van der Waals surface area contributed by atoms with Crippen LogP contribution >= 0.6 is 0 Å². The number of nitrogens with two attached hydrogens (primary N) is 3. The van der Waals surface area contributed by atoms with Crippen LogP contribution in [0.4, 0.5) is 0 Å². The molecular formula is C51H86N14O15. The lowest BCUT2D eigenvalue weighted by Crippen LogP contribution is -2.62. The molecule has 1 aliphatic heterocycles. The fourth-order valence-electron chi connectivity index (χ4n) is 8.16. The van der Waals surface area contributed by atoms with E-state index in [2.05, 4.69) is 65.4 Å². The lowest BCUT2D eigenvalue weighted by Gasteiger charge is -2.29. The van der Waals surface area contributed by atoms with Crippen molar-refractivity contribution in [1.82, 2.24) is 58.5 Å². The van der Waals surface area contributed by atoms with E-state index in [0.717, 1.165) is 39.5 Å². The Bertz CT molecular complexity index is 2210. The molecule has 0 radical (unpaired) electrons. The van der Waals surface area contributed by atoms with Gasteiger partial charge in [0.25, 0.3) is 0 Å². The predicted octanol–water partition coefficient (Wildman–Crippen LogP) is -6.84. The van der Waals surface area contributed by atoms with Crippen molar-refractivity contribution in [2.24, 2.45) is 17.2 Å². The minimum Gasteiger partial charge on any atom is -0.394 e. The van der Waals surface area contributed by atoms with Crippen LogP contribution in [0.25, 0.3) is 0 Å². The molecule has 1 heterocycles. The minimum atomic E-state index is -1.89. The van der Waals surface area contributed by atoms with E-state index in [9.17, 15) is 73.2 Å². The first-order chi connectivity index (χ1) is 37.9. The van der Waals surface area contributed by atoms with Crippen molar-refractivity contribution in [2.75, 3.05) is 32.8 Å². The van der Waals surface area contributed by atoms with Crippen LogP contribution in [0.2, 0.25) is 0 Å². The number of carbonyl (C=O) groups is 11. The van der Waals surface area contributed by atoms with E-state index in [1.54, 1.807) is 30.3 Å². The van der Waals surface area contributed by atoms with Gasteiger partial charge in [-0.25, -0.2) is 0 Å². The number of carbonyl (C=O) groups excluding carboxylic acids is 11. The van der Waals surface area contributed by atoms with Crippen LogP contribution in [0.15, 0.2) is 30.3 Å². The molecule has 0 saturated carbocycles. The second-order valence-electron chi connectivity index (χ2n) is 19.7. The van der Waals surface area contributed by atoms with E-state index in [-0.39, 0.29) is 51.7 Å². The van der Waals surface area contributed by atoms with E-state index < -0.39 is 163 Å². The van der Waals surface area contributed by atoms with Gasteiger partial charge in [-0.2, -0.15) is 0 Å². The van der Waals surface area contributed by atoms with Crippen LogP contribution in [-0.4, -0.2) is 197 Å². The molecule has 0 aliphatic carbocycles. The maximum absolute atomic E-state index is 14.3. The quantitative estimate of drug-likeness (QED) is 0.0405. The predicted molar refractivity (Wildman–Crippen MR) is 289 cm³/mol. The molecule has 21 N–H and O–H groups in total. The summed E-state index contributed by atoms with van der Waals surface area (Å²) in [4.78, 5) is 151. The second-order valence-corrected chi connectivity index (χ2v) is 19.7. The van der Waals surface area contributed by atoms with Gasteiger partial charge in [-0.15, -0.1) is 0 Å². The fourth-order valence-corrected chi connectivity index (χ4v) is 8.16. The zero-order valence-corrected chi connectivity index (χ0v) is 46.2. The van der Waals surface area contributed by atoms with E-state index in [0.29, 0.717) is 12.0 Å². The number of aliphatic hydroxyl groups is 4. The van der Waals surface area contributed by atoms with Crippen LogP contribution in [0.5, 0.6) is 0 Å². The average molecular weight is 1140 g/mol. The summed E-state index contributed by atoms with van der Waals surface area (Å²) in [5.74, 6) is -10.9. The first kappa shape index (κ1) is 69.2. The summed E-state index contributed by atoms with van der Waals surface area (Å²) in [5.41, 5.74) is 17.9. The Labute approximate surface area is 465 Å². The molecule has 29 heteroatoms. The molecule has 13 atom stereocenters. The number of rotatable bonds is 25. The molecular weight excluding hydrogens is 1050 g/mol. The molecule has 29 nitrogen and oxygen atoms in total. The van der Waals surface area contributed by atoms with Gasteiger partial charge in [0.05, 0.1) is 24.9 Å². The molecule has 0 aromatic heterocycles. The average Bonchev–Trinajstić information content (AvgIpc) is 3.40. The zero-order valence-electron chi connectivity index (χ0n) is 46.2. The van der Waals surface area contributed by atoms with Gasteiger partial charge in [0, 0.05) is 19.4 Å². The van der Waals surface area contributed by atoms with Crippen molar-refractivity contribution in [1.29, 1.82) is 0 Å². The smallest absolute Gasteiger partial charge is 0.245 e. The number of amides is 11. The van der Waals surface area contributed by atoms with Crippen molar-refractivity contribution >= 4 is 65.0 Å². The summed E-state index contributed by atoms with van der Waals surface area (Å²) in [6, 6.07) is -7.82. The Morgan fingerprint density at radius 3 is 1.59 bits per heavy atom. The molecule has 1 aliphatic rings. The summed E-state index contributed by atoms with van der Waals surface area (Å²) in [5, 5.41) is 68.9. The van der Waals surface area contributed by atoms with Gasteiger partial charge in [0.2, 0.25) is 65.0 Å². The summed E-state index contributed by atoms with van der Waals surface area (Å²) in [6.07, 6.45) is -1.75. The summed E-state index contributed by atoms with van der Waals surface area (Å²) in [7, 11) is 0. The van der Waals surface area contributed by atoms with Gasteiger partial charge in [0.1, 0.15) is 60.4 Å². The van der Waals surface area contributed by atoms with Gasteiger partial charge >= 0.3 is 0 Å². The van der Waals surface area contributed by atoms with E-state index in [4.69, 9.17) is 17.2 Å². The molecule has 1 saturated heterocycles. The second kappa shape index (κ2) is 36.4. The van der Waals surface area contributed by atoms with E-state index in [1.165, 1.54) is 13.8 Å². The van der Waals surface area contributed by atoms with E-state index >= 15 is 0 Å². The van der Waals surface area contributed by atoms with Gasteiger partial charge in [-0.3, -0.25) is 52.7 Å². The molecule has 2 rings (SSSR count). The first-order valence-electron chi connectivity index (χ1n) is 27.0. The highest BCUT2D eigenvalue weighted by molar-refractivity contribution is 5.99. The highest BCUT2D eigenvalue weighted by Gasteiger charge is 2.38. The van der Waals surface area contributed by atoms with Crippen molar-refractivity contribution in [3.05, 3.63) is 35.9 Å². The van der Waals surface area contributed by atoms with Crippen molar-refractivity contribution in [3.8, 4) is 0 Å². The topological polar surface area (TPSA) is 479 Å². The normalized spacial score (nSPS) is 23.5. The highest BCUT2D eigenvalue weighted by atomic mass is 16.3. The maximum atomic E-state index is 14.3. The Morgan fingerprint density at radius 1 is 0.588 bits per heavy atom. The Balaban J connectivity index is 2.62. The first-order valence-corrected chi connectivity index (χ1v) is 27.0. The number of benzene rings is 1. The van der Waals surface area contributed by atoms with Crippen molar-refractivity contribution in [3.63, 3.8) is 0 Å².